The minimum Gasteiger partial charge on any atom is -0.495 e. The summed E-state index contributed by atoms with van der Waals surface area (Å²) in [6.07, 6.45) is 1.90. The van der Waals surface area contributed by atoms with Crippen LogP contribution in [-0.2, 0) is 14.8 Å². The summed E-state index contributed by atoms with van der Waals surface area (Å²) < 4.78 is 32.9. The lowest BCUT2D eigenvalue weighted by atomic mass is 10.3. The molecule has 0 heterocycles. The van der Waals surface area contributed by atoms with Crippen molar-refractivity contribution in [2.45, 2.75) is 9.79 Å². The summed E-state index contributed by atoms with van der Waals surface area (Å²) in [6.45, 7) is -0.428. The van der Waals surface area contributed by atoms with Gasteiger partial charge in [-0.1, -0.05) is 41.9 Å². The highest BCUT2D eigenvalue weighted by atomic mass is 35.5. The molecule has 0 aliphatic rings. The zero-order valence-corrected chi connectivity index (χ0v) is 19.3. The summed E-state index contributed by atoms with van der Waals surface area (Å²) in [6, 6.07) is 19.8. The van der Waals surface area contributed by atoms with Gasteiger partial charge in [-0.3, -0.25) is 9.10 Å². The van der Waals surface area contributed by atoms with Crippen molar-refractivity contribution >= 4 is 50.7 Å². The largest absolute Gasteiger partial charge is 0.495 e. The van der Waals surface area contributed by atoms with Crippen molar-refractivity contribution in [3.05, 3.63) is 77.8 Å². The van der Waals surface area contributed by atoms with Crippen molar-refractivity contribution in [2.24, 2.45) is 0 Å². The van der Waals surface area contributed by atoms with E-state index in [1.54, 1.807) is 42.5 Å². The van der Waals surface area contributed by atoms with E-state index < -0.39 is 22.5 Å². The first-order valence-electron chi connectivity index (χ1n) is 9.21. The molecule has 31 heavy (non-hydrogen) atoms. The van der Waals surface area contributed by atoms with E-state index >= 15 is 0 Å². The predicted molar refractivity (Wildman–Crippen MR) is 126 cm³/mol. The average molecular weight is 477 g/mol. The number of amides is 1. The van der Waals surface area contributed by atoms with Gasteiger partial charge in [0.15, 0.2) is 0 Å². The van der Waals surface area contributed by atoms with Crippen molar-refractivity contribution in [1.82, 2.24) is 0 Å². The number of anilines is 2. The first kappa shape index (κ1) is 23.0. The fourth-order valence-corrected chi connectivity index (χ4v) is 5.15. The first-order valence-corrected chi connectivity index (χ1v) is 12.3. The maximum atomic E-state index is 13.4. The van der Waals surface area contributed by atoms with Crippen LogP contribution in [-0.4, -0.2) is 34.2 Å². The number of carbonyl (C=O) groups excluding carboxylic acids is 1. The lowest BCUT2D eigenvalue weighted by Crippen LogP contribution is -2.38. The average Bonchev–Trinajstić information content (AvgIpc) is 2.78. The Morgan fingerprint density at radius 2 is 1.74 bits per heavy atom. The zero-order chi connectivity index (χ0) is 22.4. The molecule has 0 aliphatic heterocycles. The van der Waals surface area contributed by atoms with Gasteiger partial charge in [0.1, 0.15) is 12.3 Å². The number of nitrogens with one attached hydrogen (secondary N) is 1. The molecule has 3 rings (SSSR count). The van der Waals surface area contributed by atoms with Gasteiger partial charge >= 0.3 is 0 Å². The normalized spacial score (nSPS) is 11.1. The number of hydrogen-bond donors (Lipinski definition) is 1. The van der Waals surface area contributed by atoms with Gasteiger partial charge in [-0.05, 0) is 48.7 Å². The van der Waals surface area contributed by atoms with E-state index in [0.29, 0.717) is 11.4 Å². The van der Waals surface area contributed by atoms with E-state index in [2.05, 4.69) is 5.32 Å². The molecule has 0 bridgehead atoms. The molecule has 3 aromatic carbocycles. The van der Waals surface area contributed by atoms with Crippen LogP contribution in [0.15, 0.2) is 82.6 Å². The summed E-state index contributed by atoms with van der Waals surface area (Å²) in [5.74, 6) is -0.0752. The number of sulfonamides is 1. The minimum absolute atomic E-state index is 0.0688. The molecule has 1 N–H and O–H groups in total. The molecule has 0 unspecified atom stereocenters. The number of thioether (sulfide) groups is 1. The van der Waals surface area contributed by atoms with E-state index in [0.717, 1.165) is 9.20 Å². The molecule has 0 atom stereocenters. The number of hydrogen-bond acceptors (Lipinski definition) is 5. The number of nitrogens with zero attached hydrogens (tertiary/aromatic N) is 1. The third kappa shape index (κ3) is 5.33. The van der Waals surface area contributed by atoms with Gasteiger partial charge in [0, 0.05) is 4.90 Å². The molecular formula is C22H21ClN2O4S2. The van der Waals surface area contributed by atoms with Gasteiger partial charge in [0.05, 0.1) is 28.4 Å². The van der Waals surface area contributed by atoms with Crippen LogP contribution in [0, 0.1) is 0 Å². The molecule has 0 saturated carbocycles. The Labute approximate surface area is 191 Å². The number of ether oxygens (including phenoxy) is 1. The molecule has 0 fully saturated rings. The summed E-state index contributed by atoms with van der Waals surface area (Å²) in [4.78, 5) is 13.8. The van der Waals surface area contributed by atoms with E-state index in [1.165, 1.54) is 37.1 Å². The molecule has 3 aromatic rings. The molecule has 0 radical (unpaired) electrons. The molecule has 9 heteroatoms. The highest BCUT2D eigenvalue weighted by Gasteiger charge is 2.28. The van der Waals surface area contributed by atoms with E-state index in [-0.39, 0.29) is 15.6 Å². The van der Waals surface area contributed by atoms with Crippen LogP contribution >= 0.6 is 23.4 Å². The topological polar surface area (TPSA) is 75.7 Å². The Hall–Kier alpha value is -2.68. The second kappa shape index (κ2) is 10.1. The lowest BCUT2D eigenvalue weighted by molar-refractivity contribution is -0.114. The lowest BCUT2D eigenvalue weighted by Gasteiger charge is -2.25. The maximum Gasteiger partial charge on any atom is 0.264 e. The Morgan fingerprint density at radius 1 is 1.06 bits per heavy atom. The molecule has 0 aliphatic carbocycles. The smallest absolute Gasteiger partial charge is 0.264 e. The standard InChI is InChI=1S/C22H21ClN2O4S2/c1-29-20-13-12-16(14-18(20)23)25(31(27,28)17-8-4-3-5-9-17)15-22(26)24-19-10-6-7-11-21(19)30-2/h3-14H,15H2,1-2H3,(H,24,26). The molecule has 0 saturated heterocycles. The van der Waals surface area contributed by atoms with Gasteiger partial charge in [0.25, 0.3) is 10.0 Å². The number of para-hydroxylation sites is 1. The Kier molecular flexibility index (Phi) is 7.48. The SMILES string of the molecule is COc1ccc(N(CC(=O)Nc2ccccc2SC)S(=O)(=O)c2ccccc2)cc1Cl. The number of halogens is 1. The van der Waals surface area contributed by atoms with Crippen LogP contribution in [0.1, 0.15) is 0 Å². The van der Waals surface area contributed by atoms with Gasteiger partial charge < -0.3 is 10.1 Å². The predicted octanol–water partition coefficient (Wildman–Crippen LogP) is 4.90. The van der Waals surface area contributed by atoms with Crippen LogP contribution in [0.25, 0.3) is 0 Å². The first-order chi connectivity index (χ1) is 14.9. The van der Waals surface area contributed by atoms with Gasteiger partial charge in [-0.15, -0.1) is 11.8 Å². The van der Waals surface area contributed by atoms with Crippen LogP contribution < -0.4 is 14.4 Å². The maximum absolute atomic E-state index is 13.4. The van der Waals surface area contributed by atoms with Gasteiger partial charge in [-0.25, -0.2) is 8.42 Å². The van der Waals surface area contributed by atoms with E-state index in [1.807, 2.05) is 18.4 Å². The second-order valence-corrected chi connectivity index (χ2v) is 9.51. The molecule has 6 nitrogen and oxygen atoms in total. The highest BCUT2D eigenvalue weighted by molar-refractivity contribution is 7.98. The quantitative estimate of drug-likeness (QED) is 0.468. The van der Waals surface area contributed by atoms with E-state index in [9.17, 15) is 13.2 Å². The van der Waals surface area contributed by atoms with Crippen LogP contribution in [0.4, 0.5) is 11.4 Å². The summed E-state index contributed by atoms with van der Waals surface area (Å²) in [7, 11) is -2.56. The highest BCUT2D eigenvalue weighted by Crippen LogP contribution is 2.32. The van der Waals surface area contributed by atoms with Crippen LogP contribution in [0.2, 0.25) is 5.02 Å². The third-order valence-corrected chi connectivity index (χ3v) is 7.30. The number of carbonyl (C=O) groups is 1. The van der Waals surface area contributed by atoms with Crippen molar-refractivity contribution < 1.29 is 17.9 Å². The Bertz CT molecular complexity index is 1170. The number of methoxy groups -OCH3 is 1. The number of rotatable bonds is 8. The van der Waals surface area contributed by atoms with Crippen molar-refractivity contribution in [3.63, 3.8) is 0 Å². The fourth-order valence-electron chi connectivity index (χ4n) is 2.91. The Balaban J connectivity index is 1.98. The van der Waals surface area contributed by atoms with Crippen molar-refractivity contribution in [2.75, 3.05) is 29.5 Å². The summed E-state index contributed by atoms with van der Waals surface area (Å²) >= 11 is 7.71. The minimum atomic E-state index is -4.03. The molecule has 0 spiro atoms. The second-order valence-electron chi connectivity index (χ2n) is 6.39. The van der Waals surface area contributed by atoms with Crippen molar-refractivity contribution in [1.29, 1.82) is 0 Å². The third-order valence-electron chi connectivity index (χ3n) is 4.42. The molecule has 1 amide bonds. The fraction of sp³-hybridized carbons (Fsp3) is 0.136. The monoisotopic (exact) mass is 476 g/mol. The van der Waals surface area contributed by atoms with Crippen LogP contribution in [0.5, 0.6) is 5.75 Å². The van der Waals surface area contributed by atoms with Crippen LogP contribution in [0.3, 0.4) is 0 Å². The van der Waals surface area contributed by atoms with Crippen molar-refractivity contribution in [3.8, 4) is 5.75 Å². The zero-order valence-electron chi connectivity index (χ0n) is 16.9. The summed E-state index contributed by atoms with van der Waals surface area (Å²) in [5.41, 5.74) is 0.868. The van der Waals surface area contributed by atoms with E-state index in [4.69, 9.17) is 16.3 Å². The Morgan fingerprint density at radius 3 is 2.39 bits per heavy atom. The van der Waals surface area contributed by atoms with Gasteiger partial charge in [0.2, 0.25) is 5.91 Å². The molecular weight excluding hydrogens is 456 g/mol. The summed E-state index contributed by atoms with van der Waals surface area (Å²) in [5, 5.41) is 3.04. The molecule has 0 aromatic heterocycles. The number of benzene rings is 3. The molecule has 162 valence electrons. The van der Waals surface area contributed by atoms with Gasteiger partial charge in [-0.2, -0.15) is 0 Å².